The fourth-order valence-electron chi connectivity index (χ4n) is 4.58. The van der Waals surface area contributed by atoms with Gasteiger partial charge in [0.05, 0.1) is 20.6 Å². The third-order valence-electron chi connectivity index (χ3n) is 6.64. The first-order valence-corrected chi connectivity index (χ1v) is 13.9. The summed E-state index contributed by atoms with van der Waals surface area (Å²) < 4.78 is 42.5. The molecule has 4 aromatic rings. The summed E-state index contributed by atoms with van der Waals surface area (Å²) in [6, 6.07) is 6.53. The van der Waals surface area contributed by atoms with Gasteiger partial charge >= 0.3 is 6.18 Å². The molecule has 6 nitrogen and oxygen atoms in total. The predicted octanol–water partition coefficient (Wildman–Crippen LogP) is 7.58. The molecule has 0 spiro atoms. The van der Waals surface area contributed by atoms with Gasteiger partial charge in [-0.1, -0.05) is 26.8 Å². The molecular weight excluding hydrogens is 587 g/mol. The van der Waals surface area contributed by atoms with Crippen LogP contribution in [0.1, 0.15) is 59.4 Å². The van der Waals surface area contributed by atoms with E-state index < -0.39 is 17.8 Å². The molecule has 1 aliphatic carbocycles. The molecule has 0 aliphatic heterocycles. The summed E-state index contributed by atoms with van der Waals surface area (Å²) in [5, 5.41) is 18.7. The van der Waals surface area contributed by atoms with Crippen LogP contribution in [0.5, 0.6) is 0 Å². The van der Waals surface area contributed by atoms with Crippen molar-refractivity contribution in [2.75, 3.05) is 5.32 Å². The van der Waals surface area contributed by atoms with E-state index >= 15 is 0 Å². The maximum atomic E-state index is 13.9. The van der Waals surface area contributed by atoms with Crippen LogP contribution in [-0.4, -0.2) is 20.5 Å². The lowest BCUT2D eigenvalue weighted by Crippen LogP contribution is -2.26. The number of alkyl halides is 3. The van der Waals surface area contributed by atoms with Crippen molar-refractivity contribution in [2.45, 2.75) is 46.2 Å². The normalized spacial score (nSPS) is 16.0. The third-order valence-corrected chi connectivity index (χ3v) is 9.43. The SMILES string of the molecule is CC(C)(C)C1CCc2c(sc(NC(=O)c3nn4c(C(F)(F)F)cc(-c5cccs5)nc4c3Br)c2C#N)C1. The van der Waals surface area contributed by atoms with Crippen molar-refractivity contribution in [3.8, 4) is 16.6 Å². The fourth-order valence-corrected chi connectivity index (χ4v) is 7.06. The first-order chi connectivity index (χ1) is 17.4. The number of hydrogen-bond acceptors (Lipinski definition) is 6. The lowest BCUT2D eigenvalue weighted by Gasteiger charge is -2.33. The van der Waals surface area contributed by atoms with Crippen LogP contribution in [0.3, 0.4) is 0 Å². The van der Waals surface area contributed by atoms with Crippen molar-refractivity contribution in [1.82, 2.24) is 14.6 Å². The van der Waals surface area contributed by atoms with Crippen LogP contribution in [0, 0.1) is 22.7 Å². The van der Waals surface area contributed by atoms with Crippen LogP contribution in [0.25, 0.3) is 16.2 Å². The number of nitrogens with zero attached hydrogens (tertiary/aromatic N) is 4. The Labute approximate surface area is 227 Å². The number of hydrogen-bond donors (Lipinski definition) is 1. The standard InChI is InChI=1S/C25H21BrF3N5OS2/c1-24(2,3)12-6-7-13-14(11-30)23(37-17(13)9-12)32-22(35)20-19(26)21-31-15(16-5-4-8-36-16)10-18(25(27,28)29)34(21)33-20/h4-5,8,10,12H,6-7,9H2,1-3H3,(H,32,35). The van der Waals surface area contributed by atoms with E-state index in [1.807, 2.05) is 0 Å². The quantitative estimate of drug-likeness (QED) is 0.260. The number of nitriles is 1. The van der Waals surface area contributed by atoms with Crippen LogP contribution in [-0.2, 0) is 19.0 Å². The van der Waals surface area contributed by atoms with Crippen molar-refractivity contribution >= 4 is 55.2 Å². The van der Waals surface area contributed by atoms with Gasteiger partial charge < -0.3 is 5.32 Å². The minimum Gasteiger partial charge on any atom is -0.311 e. The minimum absolute atomic E-state index is 0.0431. The number of halogens is 4. The van der Waals surface area contributed by atoms with Gasteiger partial charge in [0.1, 0.15) is 11.1 Å². The monoisotopic (exact) mass is 607 g/mol. The highest BCUT2D eigenvalue weighted by Crippen LogP contribution is 2.44. The molecule has 0 saturated carbocycles. The van der Waals surface area contributed by atoms with Gasteiger partial charge in [0, 0.05) is 4.88 Å². The second-order valence-corrected chi connectivity index (χ2v) is 12.8. The van der Waals surface area contributed by atoms with Crippen LogP contribution in [0.2, 0.25) is 0 Å². The fraction of sp³-hybridized carbons (Fsp3) is 0.360. The van der Waals surface area contributed by atoms with Gasteiger partial charge in [-0.15, -0.1) is 22.7 Å². The largest absolute Gasteiger partial charge is 0.433 e. The van der Waals surface area contributed by atoms with Crippen molar-refractivity contribution in [2.24, 2.45) is 11.3 Å². The summed E-state index contributed by atoms with van der Waals surface area (Å²) in [7, 11) is 0. The lowest BCUT2D eigenvalue weighted by atomic mass is 9.72. The second kappa shape index (κ2) is 9.22. The van der Waals surface area contributed by atoms with Gasteiger partial charge in [-0.3, -0.25) is 4.79 Å². The number of fused-ring (bicyclic) bond motifs is 2. The number of amides is 1. The van der Waals surface area contributed by atoms with Gasteiger partial charge in [-0.25, -0.2) is 9.50 Å². The second-order valence-electron chi connectivity index (χ2n) is 9.98. The summed E-state index contributed by atoms with van der Waals surface area (Å²) in [6.45, 7) is 6.58. The Balaban J connectivity index is 1.54. The van der Waals surface area contributed by atoms with E-state index in [-0.39, 0.29) is 26.9 Å². The van der Waals surface area contributed by atoms with Crippen LogP contribution in [0.15, 0.2) is 28.1 Å². The van der Waals surface area contributed by atoms with E-state index in [1.54, 1.807) is 17.5 Å². The molecule has 37 heavy (non-hydrogen) atoms. The van der Waals surface area contributed by atoms with E-state index in [2.05, 4.69) is 58.2 Å². The van der Waals surface area contributed by atoms with E-state index in [0.29, 0.717) is 25.9 Å². The maximum Gasteiger partial charge on any atom is 0.433 e. The summed E-state index contributed by atoms with van der Waals surface area (Å²) >= 11 is 5.87. The molecule has 1 amide bonds. The Kier molecular flexibility index (Phi) is 6.45. The summed E-state index contributed by atoms with van der Waals surface area (Å²) in [6.07, 6.45) is -2.21. The van der Waals surface area contributed by atoms with Gasteiger partial charge in [-0.2, -0.15) is 23.5 Å². The molecule has 0 aromatic carbocycles. The van der Waals surface area contributed by atoms with Crippen LogP contribution in [0.4, 0.5) is 18.2 Å². The van der Waals surface area contributed by atoms with Crippen molar-refractivity contribution < 1.29 is 18.0 Å². The Hall–Kier alpha value is -2.75. The molecule has 5 rings (SSSR count). The number of anilines is 1. The first kappa shape index (κ1) is 25.9. The Bertz CT molecular complexity index is 1560. The molecule has 0 saturated heterocycles. The average molecular weight is 609 g/mol. The van der Waals surface area contributed by atoms with Gasteiger partial charge in [0.2, 0.25) is 0 Å². The summed E-state index contributed by atoms with van der Waals surface area (Å²) in [4.78, 5) is 19.2. The van der Waals surface area contributed by atoms with Gasteiger partial charge in [-0.05, 0) is 69.6 Å². The van der Waals surface area contributed by atoms with Gasteiger partial charge in [0.25, 0.3) is 5.91 Å². The summed E-state index contributed by atoms with van der Waals surface area (Å²) in [5.41, 5.74) is 0.191. The number of thiophene rings is 2. The molecule has 0 radical (unpaired) electrons. The molecule has 1 atom stereocenters. The smallest absolute Gasteiger partial charge is 0.311 e. The molecule has 1 unspecified atom stereocenters. The maximum absolute atomic E-state index is 13.9. The highest BCUT2D eigenvalue weighted by molar-refractivity contribution is 9.10. The van der Waals surface area contributed by atoms with E-state index in [9.17, 15) is 23.2 Å². The Morgan fingerprint density at radius 1 is 1.32 bits per heavy atom. The van der Waals surface area contributed by atoms with E-state index in [4.69, 9.17) is 0 Å². The average Bonchev–Trinajstić information content (AvgIpc) is 3.54. The van der Waals surface area contributed by atoms with Crippen molar-refractivity contribution in [3.63, 3.8) is 0 Å². The predicted molar refractivity (Wildman–Crippen MR) is 141 cm³/mol. The number of carbonyl (C=O) groups excluding carboxylic acids is 1. The summed E-state index contributed by atoms with van der Waals surface area (Å²) in [5.74, 6) is -0.267. The molecular formula is C25H21BrF3N5OS2. The van der Waals surface area contributed by atoms with E-state index in [1.165, 1.54) is 22.7 Å². The number of carbonyl (C=O) groups is 1. The molecule has 1 aliphatic rings. The van der Waals surface area contributed by atoms with Crippen molar-refractivity contribution in [1.29, 1.82) is 5.26 Å². The molecule has 12 heteroatoms. The Morgan fingerprint density at radius 3 is 2.70 bits per heavy atom. The number of rotatable bonds is 3. The zero-order valence-corrected chi connectivity index (χ0v) is 23.3. The molecule has 1 N–H and O–H groups in total. The topological polar surface area (TPSA) is 83.1 Å². The van der Waals surface area contributed by atoms with Crippen LogP contribution < -0.4 is 5.32 Å². The van der Waals surface area contributed by atoms with Gasteiger partial charge in [0.15, 0.2) is 17.0 Å². The first-order valence-electron chi connectivity index (χ1n) is 11.4. The molecule has 0 fully saturated rings. The lowest BCUT2D eigenvalue weighted by molar-refractivity contribution is -0.142. The minimum atomic E-state index is -4.73. The Morgan fingerprint density at radius 2 is 2.08 bits per heavy atom. The third kappa shape index (κ3) is 4.69. The number of nitrogens with one attached hydrogen (secondary N) is 1. The highest BCUT2D eigenvalue weighted by Gasteiger charge is 2.37. The van der Waals surface area contributed by atoms with Crippen LogP contribution >= 0.6 is 38.6 Å². The zero-order chi connectivity index (χ0) is 26.7. The number of aromatic nitrogens is 3. The van der Waals surface area contributed by atoms with E-state index in [0.717, 1.165) is 35.8 Å². The zero-order valence-electron chi connectivity index (χ0n) is 20.0. The molecule has 4 aromatic heterocycles. The molecule has 192 valence electrons. The van der Waals surface area contributed by atoms with Crippen molar-refractivity contribution in [3.05, 3.63) is 55.4 Å². The molecule has 4 heterocycles. The molecule has 0 bridgehead atoms. The highest BCUT2D eigenvalue weighted by atomic mass is 79.9.